The summed E-state index contributed by atoms with van der Waals surface area (Å²) in [6, 6.07) is 3.28. The molecular weight excluding hydrogens is 275 g/mol. The quantitative estimate of drug-likeness (QED) is 0.787. The lowest BCUT2D eigenvalue weighted by Gasteiger charge is -2.62. The molecular formula is C15H13FN2O3. The van der Waals surface area contributed by atoms with Gasteiger partial charge in [0.25, 0.3) is 5.56 Å². The van der Waals surface area contributed by atoms with Crippen LogP contribution in [0.25, 0.3) is 10.9 Å². The van der Waals surface area contributed by atoms with Gasteiger partial charge < -0.3 is 15.8 Å². The van der Waals surface area contributed by atoms with Crippen LogP contribution in [0.4, 0.5) is 10.1 Å². The Morgan fingerprint density at radius 2 is 2.05 bits per heavy atom. The van der Waals surface area contributed by atoms with E-state index in [2.05, 4.69) is 4.98 Å². The fraction of sp³-hybridized carbons (Fsp3) is 0.333. The Kier molecular flexibility index (Phi) is 2.14. The highest BCUT2D eigenvalue weighted by atomic mass is 19.1. The van der Waals surface area contributed by atoms with Crippen LogP contribution in [-0.2, 0) is 5.41 Å². The summed E-state index contributed by atoms with van der Waals surface area (Å²) in [6.45, 7) is 0. The largest absolute Gasteiger partial charge is 0.477 e. The van der Waals surface area contributed by atoms with Crippen molar-refractivity contribution < 1.29 is 14.3 Å². The number of hydrogen-bond acceptors (Lipinski definition) is 3. The van der Waals surface area contributed by atoms with Crippen molar-refractivity contribution in [3.05, 3.63) is 39.4 Å². The number of halogens is 1. The minimum absolute atomic E-state index is 0.00438. The van der Waals surface area contributed by atoms with Gasteiger partial charge in [-0.1, -0.05) is 12.1 Å². The SMILES string of the molecule is Nc1c(C(=O)O)c(=O)[nH]c2c(F)c(C34CC(C3)C4)ccc12. The molecule has 108 valence electrons. The Bertz CT molecular complexity index is 854. The molecule has 5 nitrogen and oxygen atoms in total. The fourth-order valence-electron chi connectivity index (χ4n) is 3.79. The Morgan fingerprint density at radius 3 is 2.57 bits per heavy atom. The van der Waals surface area contributed by atoms with Crippen LogP contribution < -0.4 is 11.3 Å². The van der Waals surface area contributed by atoms with Gasteiger partial charge in [0.15, 0.2) is 5.82 Å². The lowest BCUT2D eigenvalue weighted by Crippen LogP contribution is -2.55. The monoisotopic (exact) mass is 288 g/mol. The molecule has 5 rings (SSSR count). The molecule has 3 aliphatic rings. The number of aromatic nitrogens is 1. The number of carboxylic acids is 1. The van der Waals surface area contributed by atoms with Gasteiger partial charge >= 0.3 is 5.97 Å². The Morgan fingerprint density at radius 1 is 1.38 bits per heavy atom. The van der Waals surface area contributed by atoms with Crippen LogP contribution in [0.15, 0.2) is 16.9 Å². The van der Waals surface area contributed by atoms with E-state index in [0.29, 0.717) is 11.5 Å². The second-order valence-corrected chi connectivity index (χ2v) is 6.16. The van der Waals surface area contributed by atoms with E-state index in [0.717, 1.165) is 19.3 Å². The lowest BCUT2D eigenvalue weighted by molar-refractivity contribution is -0.0298. The van der Waals surface area contributed by atoms with Gasteiger partial charge in [-0.15, -0.1) is 0 Å². The minimum Gasteiger partial charge on any atom is -0.477 e. The third kappa shape index (κ3) is 1.39. The van der Waals surface area contributed by atoms with Gasteiger partial charge in [-0.05, 0) is 36.2 Å². The van der Waals surface area contributed by atoms with E-state index in [1.807, 2.05) is 0 Å². The fourth-order valence-corrected chi connectivity index (χ4v) is 3.79. The second kappa shape index (κ2) is 3.63. The van der Waals surface area contributed by atoms with Crippen molar-refractivity contribution in [3.63, 3.8) is 0 Å². The number of benzene rings is 1. The van der Waals surface area contributed by atoms with Crippen molar-refractivity contribution in [2.24, 2.45) is 5.92 Å². The molecule has 4 N–H and O–H groups in total. The van der Waals surface area contributed by atoms with Crippen LogP contribution >= 0.6 is 0 Å². The maximum absolute atomic E-state index is 14.7. The standard InChI is InChI=1S/C15H13FN2O3/c16-10-8(15-3-6(4-15)5-15)2-1-7-11(17)9(14(20)21)13(19)18-12(7)10/h1-2,6H,3-5H2,(H,20,21)(H3,17,18,19). The van der Waals surface area contributed by atoms with Crippen molar-refractivity contribution in [1.29, 1.82) is 0 Å². The molecule has 0 radical (unpaired) electrons. The highest BCUT2D eigenvalue weighted by molar-refractivity contribution is 6.03. The van der Waals surface area contributed by atoms with Gasteiger partial charge in [-0.2, -0.15) is 0 Å². The van der Waals surface area contributed by atoms with Crippen LogP contribution in [0.5, 0.6) is 0 Å². The summed E-state index contributed by atoms with van der Waals surface area (Å²) in [5, 5.41) is 9.25. The zero-order chi connectivity index (χ0) is 14.9. The number of nitrogens with one attached hydrogen (secondary N) is 1. The highest BCUT2D eigenvalue weighted by Gasteiger charge is 2.58. The van der Waals surface area contributed by atoms with Crippen LogP contribution in [-0.4, -0.2) is 16.1 Å². The second-order valence-electron chi connectivity index (χ2n) is 6.16. The van der Waals surface area contributed by atoms with E-state index in [1.54, 1.807) is 12.1 Å². The maximum atomic E-state index is 14.7. The number of carboxylic acid groups (broad SMARTS) is 1. The maximum Gasteiger partial charge on any atom is 0.343 e. The van der Waals surface area contributed by atoms with Crippen molar-refractivity contribution in [2.45, 2.75) is 24.7 Å². The van der Waals surface area contributed by atoms with Gasteiger partial charge in [0.2, 0.25) is 0 Å². The van der Waals surface area contributed by atoms with Gasteiger partial charge in [0, 0.05) is 5.39 Å². The number of nitrogen functional groups attached to an aromatic ring is 1. The number of fused-ring (bicyclic) bond motifs is 1. The topological polar surface area (TPSA) is 96.2 Å². The van der Waals surface area contributed by atoms with Gasteiger partial charge in [-0.3, -0.25) is 4.79 Å². The molecule has 6 heteroatoms. The molecule has 0 aliphatic heterocycles. The first-order chi connectivity index (χ1) is 9.93. The molecule has 3 saturated carbocycles. The first kappa shape index (κ1) is 12.4. The molecule has 0 spiro atoms. The first-order valence-corrected chi connectivity index (χ1v) is 6.81. The smallest absolute Gasteiger partial charge is 0.343 e. The molecule has 1 aromatic carbocycles. The van der Waals surface area contributed by atoms with Crippen LogP contribution in [0.3, 0.4) is 0 Å². The number of hydrogen-bond donors (Lipinski definition) is 3. The first-order valence-electron chi connectivity index (χ1n) is 6.81. The number of aromatic amines is 1. The molecule has 3 aliphatic carbocycles. The van der Waals surface area contributed by atoms with Gasteiger partial charge in [0.05, 0.1) is 11.2 Å². The van der Waals surface area contributed by atoms with Gasteiger partial charge in [0.1, 0.15) is 5.56 Å². The molecule has 1 heterocycles. The predicted molar refractivity (Wildman–Crippen MR) is 74.9 cm³/mol. The molecule has 2 bridgehead atoms. The van der Waals surface area contributed by atoms with Crippen molar-refractivity contribution in [1.82, 2.24) is 4.98 Å². The lowest BCUT2D eigenvalue weighted by atomic mass is 9.42. The predicted octanol–water partition coefficient (Wildman–Crippen LogP) is 2.00. The molecule has 2 aromatic rings. The van der Waals surface area contributed by atoms with E-state index in [4.69, 9.17) is 10.8 Å². The number of anilines is 1. The van der Waals surface area contributed by atoms with E-state index < -0.39 is 22.9 Å². The average Bonchev–Trinajstić information content (AvgIpc) is 2.29. The van der Waals surface area contributed by atoms with Crippen LogP contribution in [0.1, 0.15) is 35.2 Å². The summed E-state index contributed by atoms with van der Waals surface area (Å²) in [6.07, 6.45) is 2.97. The average molecular weight is 288 g/mol. The minimum atomic E-state index is -1.42. The number of carbonyl (C=O) groups is 1. The van der Waals surface area contributed by atoms with E-state index >= 15 is 0 Å². The summed E-state index contributed by atoms with van der Waals surface area (Å²) >= 11 is 0. The molecule has 0 atom stereocenters. The summed E-state index contributed by atoms with van der Waals surface area (Å²) in [5.74, 6) is -1.19. The molecule has 21 heavy (non-hydrogen) atoms. The van der Waals surface area contributed by atoms with Crippen LogP contribution in [0.2, 0.25) is 0 Å². The van der Waals surface area contributed by atoms with Crippen molar-refractivity contribution >= 4 is 22.6 Å². The zero-order valence-corrected chi connectivity index (χ0v) is 11.1. The molecule has 0 unspecified atom stereocenters. The highest BCUT2D eigenvalue weighted by Crippen LogP contribution is 2.65. The van der Waals surface area contributed by atoms with Crippen LogP contribution in [0, 0.1) is 11.7 Å². The third-order valence-electron chi connectivity index (χ3n) is 4.99. The Balaban J connectivity index is 2.01. The summed E-state index contributed by atoms with van der Waals surface area (Å²) in [4.78, 5) is 25.2. The number of aromatic carboxylic acids is 1. The summed E-state index contributed by atoms with van der Waals surface area (Å²) in [7, 11) is 0. The summed E-state index contributed by atoms with van der Waals surface area (Å²) < 4.78 is 14.7. The normalized spacial score (nSPS) is 26.2. The molecule has 3 fully saturated rings. The number of H-pyrrole nitrogens is 1. The number of nitrogens with two attached hydrogens (primary N) is 1. The summed E-state index contributed by atoms with van der Waals surface area (Å²) in [5.41, 5.74) is 4.66. The van der Waals surface area contributed by atoms with Gasteiger partial charge in [-0.25, -0.2) is 9.18 Å². The molecule has 0 saturated heterocycles. The Hall–Kier alpha value is -2.37. The van der Waals surface area contributed by atoms with Crippen molar-refractivity contribution in [3.8, 4) is 0 Å². The van der Waals surface area contributed by atoms with Crippen molar-refractivity contribution in [2.75, 3.05) is 5.73 Å². The molecule has 1 aromatic heterocycles. The number of pyridine rings is 1. The Labute approximate surface area is 118 Å². The zero-order valence-electron chi connectivity index (χ0n) is 11.1. The van der Waals surface area contributed by atoms with E-state index in [-0.39, 0.29) is 22.0 Å². The third-order valence-corrected chi connectivity index (χ3v) is 4.99. The van der Waals surface area contributed by atoms with E-state index in [9.17, 15) is 14.0 Å². The number of rotatable bonds is 2. The molecule has 0 amide bonds. The van der Waals surface area contributed by atoms with E-state index in [1.165, 1.54) is 0 Å².